The Hall–Kier alpha value is -1.75. The zero-order chi connectivity index (χ0) is 17.4. The monoisotopic (exact) mass is 339 g/mol. The van der Waals surface area contributed by atoms with Crippen molar-refractivity contribution in [1.82, 2.24) is 15.5 Å². The molecule has 0 bridgehead atoms. The zero-order valence-corrected chi connectivity index (χ0v) is 15.0. The number of carbonyl (C=O) groups excluding carboxylic acids is 2. The number of hydrogen-bond donors (Lipinski definition) is 2. The fourth-order valence-corrected chi connectivity index (χ4v) is 2.28. The molecular formula is C17H26ClN3O2. The minimum absolute atomic E-state index is 0.0390. The maximum atomic E-state index is 12.3. The molecule has 1 aromatic rings. The first-order chi connectivity index (χ1) is 10.8. The lowest BCUT2D eigenvalue weighted by Crippen LogP contribution is -2.45. The lowest BCUT2D eigenvalue weighted by Gasteiger charge is -2.26. The van der Waals surface area contributed by atoms with Crippen LogP contribution in [-0.2, 0) is 4.79 Å². The second-order valence-electron chi connectivity index (χ2n) is 5.93. The first-order valence-corrected chi connectivity index (χ1v) is 8.26. The molecule has 1 rings (SSSR count). The third kappa shape index (κ3) is 6.48. The van der Waals surface area contributed by atoms with Crippen molar-refractivity contribution in [3.05, 3.63) is 34.9 Å². The molecule has 0 saturated carbocycles. The van der Waals surface area contributed by atoms with Crippen LogP contribution in [0.15, 0.2) is 24.3 Å². The lowest BCUT2D eigenvalue weighted by molar-refractivity contribution is -0.121. The maximum Gasteiger partial charge on any atom is 0.318 e. The summed E-state index contributed by atoms with van der Waals surface area (Å²) in [5.74, 6) is 0.0551. The average molecular weight is 340 g/mol. The highest BCUT2D eigenvalue weighted by atomic mass is 35.5. The fourth-order valence-electron chi connectivity index (χ4n) is 2.16. The largest absolute Gasteiger partial charge is 0.355 e. The van der Waals surface area contributed by atoms with Crippen molar-refractivity contribution in [2.75, 3.05) is 20.1 Å². The Morgan fingerprint density at radius 1 is 1.22 bits per heavy atom. The third-order valence-corrected chi connectivity index (χ3v) is 3.73. The van der Waals surface area contributed by atoms with Gasteiger partial charge >= 0.3 is 6.03 Å². The highest BCUT2D eigenvalue weighted by Crippen LogP contribution is 2.23. The topological polar surface area (TPSA) is 61.4 Å². The smallest absolute Gasteiger partial charge is 0.318 e. The van der Waals surface area contributed by atoms with Crippen molar-refractivity contribution in [2.45, 2.75) is 33.2 Å². The number of amides is 3. The van der Waals surface area contributed by atoms with Gasteiger partial charge in [0.1, 0.15) is 6.54 Å². The normalized spacial score (nSPS) is 11.9. The second-order valence-corrected chi connectivity index (χ2v) is 6.37. The summed E-state index contributed by atoms with van der Waals surface area (Å²) >= 11 is 5.91. The lowest BCUT2D eigenvalue weighted by atomic mass is 9.96. The number of carbonyl (C=O) groups is 2. The summed E-state index contributed by atoms with van der Waals surface area (Å²) in [4.78, 5) is 25.4. The van der Waals surface area contributed by atoms with Crippen LogP contribution in [-0.4, -0.2) is 37.0 Å². The van der Waals surface area contributed by atoms with E-state index in [2.05, 4.69) is 10.6 Å². The Balaban J connectivity index is 2.67. The van der Waals surface area contributed by atoms with Gasteiger partial charge in [-0.05, 0) is 30.0 Å². The molecule has 128 valence electrons. The highest BCUT2D eigenvalue weighted by molar-refractivity contribution is 6.30. The van der Waals surface area contributed by atoms with E-state index in [1.54, 1.807) is 19.2 Å². The van der Waals surface area contributed by atoms with E-state index in [-0.39, 0.29) is 30.4 Å². The minimum atomic E-state index is -0.273. The summed E-state index contributed by atoms with van der Waals surface area (Å²) in [6.07, 6.45) is 0.869. The standard InChI is InChI=1S/C17H26ClN3O2/c1-5-10-19-15(22)11-21(4)17(23)20-16(12(2)3)13-6-8-14(18)9-7-13/h6-9,12,16H,5,10-11H2,1-4H3,(H,19,22)(H,20,23). The Morgan fingerprint density at radius 2 is 1.83 bits per heavy atom. The molecule has 0 aliphatic rings. The van der Waals surface area contributed by atoms with E-state index in [4.69, 9.17) is 11.6 Å². The molecule has 0 aromatic heterocycles. The Morgan fingerprint density at radius 3 is 2.35 bits per heavy atom. The molecule has 5 nitrogen and oxygen atoms in total. The predicted octanol–water partition coefficient (Wildman–Crippen LogP) is 3.20. The van der Waals surface area contributed by atoms with E-state index >= 15 is 0 Å². The minimum Gasteiger partial charge on any atom is -0.355 e. The molecule has 1 aromatic carbocycles. The summed E-state index contributed by atoms with van der Waals surface area (Å²) in [5.41, 5.74) is 0.988. The van der Waals surface area contributed by atoms with Gasteiger partial charge in [-0.2, -0.15) is 0 Å². The van der Waals surface area contributed by atoms with Crippen LogP contribution in [0.4, 0.5) is 4.79 Å². The van der Waals surface area contributed by atoms with Crippen LogP contribution in [0, 0.1) is 5.92 Å². The maximum absolute atomic E-state index is 12.3. The zero-order valence-electron chi connectivity index (χ0n) is 14.2. The van der Waals surface area contributed by atoms with Gasteiger partial charge in [-0.1, -0.05) is 44.5 Å². The highest BCUT2D eigenvalue weighted by Gasteiger charge is 2.21. The van der Waals surface area contributed by atoms with Crippen molar-refractivity contribution in [1.29, 1.82) is 0 Å². The van der Waals surface area contributed by atoms with Gasteiger partial charge in [0.2, 0.25) is 5.91 Å². The van der Waals surface area contributed by atoms with Crippen LogP contribution in [0.5, 0.6) is 0 Å². The number of halogens is 1. The molecule has 1 unspecified atom stereocenters. The van der Waals surface area contributed by atoms with Crippen LogP contribution < -0.4 is 10.6 Å². The van der Waals surface area contributed by atoms with E-state index in [0.29, 0.717) is 11.6 Å². The van der Waals surface area contributed by atoms with Gasteiger partial charge in [-0.25, -0.2) is 4.79 Å². The molecule has 0 heterocycles. The van der Waals surface area contributed by atoms with Crippen LogP contribution in [0.25, 0.3) is 0 Å². The van der Waals surface area contributed by atoms with E-state index in [1.165, 1.54) is 4.90 Å². The first-order valence-electron chi connectivity index (χ1n) is 7.89. The molecule has 23 heavy (non-hydrogen) atoms. The summed E-state index contributed by atoms with van der Waals surface area (Å²) in [6.45, 7) is 6.71. The van der Waals surface area contributed by atoms with Crippen molar-refractivity contribution < 1.29 is 9.59 Å². The van der Waals surface area contributed by atoms with Gasteiger partial charge < -0.3 is 15.5 Å². The molecule has 0 aliphatic heterocycles. The van der Waals surface area contributed by atoms with Crippen LogP contribution >= 0.6 is 11.6 Å². The Bertz CT molecular complexity index is 517. The Kier molecular flexibility index (Phi) is 7.89. The molecule has 0 spiro atoms. The van der Waals surface area contributed by atoms with E-state index in [0.717, 1.165) is 12.0 Å². The quantitative estimate of drug-likeness (QED) is 0.801. The van der Waals surface area contributed by atoms with Crippen LogP contribution in [0.1, 0.15) is 38.8 Å². The van der Waals surface area contributed by atoms with Gasteiger partial charge in [-0.3, -0.25) is 4.79 Å². The molecule has 6 heteroatoms. The number of rotatable bonds is 7. The van der Waals surface area contributed by atoms with Gasteiger partial charge in [0.25, 0.3) is 0 Å². The number of urea groups is 1. The molecular weight excluding hydrogens is 314 g/mol. The van der Waals surface area contributed by atoms with Gasteiger partial charge in [0.15, 0.2) is 0 Å². The van der Waals surface area contributed by atoms with Crippen molar-refractivity contribution in [3.8, 4) is 0 Å². The number of hydrogen-bond acceptors (Lipinski definition) is 2. The van der Waals surface area contributed by atoms with Crippen molar-refractivity contribution in [2.24, 2.45) is 5.92 Å². The van der Waals surface area contributed by atoms with Gasteiger partial charge in [0, 0.05) is 18.6 Å². The SMILES string of the molecule is CCCNC(=O)CN(C)C(=O)NC(c1ccc(Cl)cc1)C(C)C. The van der Waals surface area contributed by atoms with Gasteiger partial charge in [-0.15, -0.1) is 0 Å². The first kappa shape index (κ1) is 19.3. The molecule has 3 amide bonds. The number of nitrogens with one attached hydrogen (secondary N) is 2. The average Bonchev–Trinajstić information content (AvgIpc) is 2.51. The molecule has 0 aliphatic carbocycles. The number of benzene rings is 1. The van der Waals surface area contributed by atoms with Crippen molar-refractivity contribution in [3.63, 3.8) is 0 Å². The van der Waals surface area contributed by atoms with Crippen LogP contribution in [0.3, 0.4) is 0 Å². The van der Waals surface area contributed by atoms with E-state index in [9.17, 15) is 9.59 Å². The molecule has 0 saturated heterocycles. The summed E-state index contributed by atoms with van der Waals surface area (Å²) in [5, 5.41) is 6.39. The predicted molar refractivity (Wildman–Crippen MR) is 93.5 cm³/mol. The van der Waals surface area contributed by atoms with E-state index in [1.807, 2.05) is 32.9 Å². The number of likely N-dealkylation sites (N-methyl/N-ethyl adjacent to an activating group) is 1. The third-order valence-electron chi connectivity index (χ3n) is 3.47. The van der Waals surface area contributed by atoms with Crippen molar-refractivity contribution >= 4 is 23.5 Å². The van der Waals surface area contributed by atoms with Crippen LogP contribution in [0.2, 0.25) is 5.02 Å². The molecule has 2 N–H and O–H groups in total. The summed E-state index contributed by atoms with van der Waals surface area (Å²) in [7, 11) is 1.61. The summed E-state index contributed by atoms with van der Waals surface area (Å²) < 4.78 is 0. The second kappa shape index (κ2) is 9.40. The van der Waals surface area contributed by atoms with Gasteiger partial charge in [0.05, 0.1) is 6.04 Å². The number of nitrogens with zero attached hydrogens (tertiary/aromatic N) is 1. The van der Waals surface area contributed by atoms with E-state index < -0.39 is 0 Å². The molecule has 0 radical (unpaired) electrons. The Labute approximate surface area is 143 Å². The molecule has 1 atom stereocenters. The summed E-state index contributed by atoms with van der Waals surface area (Å²) in [6, 6.07) is 7.01. The fraction of sp³-hybridized carbons (Fsp3) is 0.529. The molecule has 0 fully saturated rings.